The average Bonchev–Trinajstić information content (AvgIpc) is 3.56. The molecule has 214 valence electrons. The second kappa shape index (κ2) is 14.9. The van der Waals surface area contributed by atoms with Gasteiger partial charge in [-0.2, -0.15) is 5.21 Å². The van der Waals surface area contributed by atoms with Crippen LogP contribution in [0.25, 0.3) is 33.6 Å². The Morgan fingerprint density at radius 3 is 2.37 bits per heavy atom. The van der Waals surface area contributed by atoms with Crippen LogP contribution in [0, 0.1) is 0 Å². The number of nitrogens with zero attached hydrogens (tertiary/aromatic N) is 4. The number of carbonyl (C=O) groups is 2. The Hall–Kier alpha value is -4.37. The van der Waals surface area contributed by atoms with Crippen molar-refractivity contribution in [2.75, 3.05) is 13.7 Å². The molecule has 0 aliphatic heterocycles. The van der Waals surface area contributed by atoms with Crippen LogP contribution in [0.2, 0.25) is 0 Å². The maximum Gasteiger partial charge on any atom is 0.305 e. The van der Waals surface area contributed by atoms with E-state index in [2.05, 4.69) is 56.6 Å². The number of aromatic amines is 1. The first-order chi connectivity index (χ1) is 20.0. The number of aliphatic hydroxyl groups is 1. The van der Waals surface area contributed by atoms with E-state index >= 15 is 0 Å². The van der Waals surface area contributed by atoms with Gasteiger partial charge in [0.25, 0.3) is 0 Å². The zero-order chi connectivity index (χ0) is 29.0. The maximum absolute atomic E-state index is 13.0. The number of esters is 1. The molecule has 1 amide bonds. The van der Waals surface area contributed by atoms with Gasteiger partial charge in [-0.1, -0.05) is 74.0 Å². The normalized spacial score (nSPS) is 11.7. The van der Waals surface area contributed by atoms with Crippen molar-refractivity contribution in [1.29, 1.82) is 0 Å². The van der Waals surface area contributed by atoms with Crippen LogP contribution in [-0.4, -0.2) is 62.3 Å². The Labute approximate surface area is 240 Å². The van der Waals surface area contributed by atoms with Crippen molar-refractivity contribution in [3.8, 4) is 33.6 Å². The fraction of sp³-hybridized carbons (Fsp3) is 0.344. The molecule has 0 fully saturated rings. The summed E-state index contributed by atoms with van der Waals surface area (Å²) in [7, 11) is 1.33. The molecule has 0 aliphatic carbocycles. The average molecular weight is 556 g/mol. The summed E-state index contributed by atoms with van der Waals surface area (Å²) in [6, 6.07) is 24.5. The van der Waals surface area contributed by atoms with Crippen molar-refractivity contribution in [3.63, 3.8) is 0 Å². The molecule has 4 aromatic rings. The van der Waals surface area contributed by atoms with Crippen LogP contribution in [0.15, 0.2) is 72.8 Å². The van der Waals surface area contributed by atoms with Crippen LogP contribution < -0.4 is 0 Å². The monoisotopic (exact) mass is 555 g/mol. The number of carbonyl (C=O) groups excluding carboxylic acids is 2. The summed E-state index contributed by atoms with van der Waals surface area (Å²) >= 11 is 0. The van der Waals surface area contributed by atoms with E-state index in [4.69, 9.17) is 0 Å². The van der Waals surface area contributed by atoms with E-state index in [1.165, 1.54) is 7.11 Å². The van der Waals surface area contributed by atoms with Gasteiger partial charge in [-0.25, -0.2) is 0 Å². The first-order valence-corrected chi connectivity index (χ1v) is 14.0. The van der Waals surface area contributed by atoms with E-state index in [0.717, 1.165) is 46.2 Å². The summed E-state index contributed by atoms with van der Waals surface area (Å²) in [5.74, 6) is 0.227. The number of unbranched alkanes of at least 4 members (excludes halogenated alkanes) is 1. The van der Waals surface area contributed by atoms with Gasteiger partial charge in [-0.15, -0.1) is 10.2 Å². The molecule has 9 heteroatoms. The lowest BCUT2D eigenvalue weighted by Crippen LogP contribution is -2.33. The van der Waals surface area contributed by atoms with Gasteiger partial charge in [0.15, 0.2) is 0 Å². The molecule has 4 rings (SSSR count). The minimum Gasteiger partial charge on any atom is -0.469 e. The minimum absolute atomic E-state index is 0.0612. The largest absolute Gasteiger partial charge is 0.469 e. The number of methoxy groups -OCH3 is 1. The smallest absolute Gasteiger partial charge is 0.305 e. The summed E-state index contributed by atoms with van der Waals surface area (Å²) in [6.45, 7) is 2.91. The SMILES string of the molecule is CCCCC(=O)N(CC[C@H](O)CCC(=O)OC)Cc1ccc(-c2cc(-c3ccccc3)ccc2-c2nn[nH]n2)cc1. The number of hydrogen-bond donors (Lipinski definition) is 2. The molecule has 0 aliphatic rings. The lowest BCUT2D eigenvalue weighted by molar-refractivity contribution is -0.141. The molecular weight excluding hydrogens is 518 g/mol. The first kappa shape index (κ1) is 29.6. The molecule has 9 nitrogen and oxygen atoms in total. The third-order valence-electron chi connectivity index (χ3n) is 7.09. The van der Waals surface area contributed by atoms with Crippen molar-refractivity contribution in [2.24, 2.45) is 0 Å². The van der Waals surface area contributed by atoms with Crippen molar-refractivity contribution in [3.05, 3.63) is 78.4 Å². The number of H-pyrrole nitrogens is 1. The molecule has 0 saturated carbocycles. The summed E-state index contributed by atoms with van der Waals surface area (Å²) in [5.41, 5.74) is 6.01. The van der Waals surface area contributed by atoms with Gasteiger partial charge in [0.05, 0.1) is 13.2 Å². The minimum atomic E-state index is -0.682. The molecule has 0 unspecified atom stereocenters. The number of amides is 1. The van der Waals surface area contributed by atoms with Crippen LogP contribution >= 0.6 is 0 Å². The zero-order valence-corrected chi connectivity index (χ0v) is 23.6. The van der Waals surface area contributed by atoms with Crippen LogP contribution in [0.4, 0.5) is 0 Å². The summed E-state index contributed by atoms with van der Waals surface area (Å²) in [4.78, 5) is 26.2. The van der Waals surface area contributed by atoms with E-state index < -0.39 is 6.10 Å². The first-order valence-electron chi connectivity index (χ1n) is 14.0. The molecule has 0 radical (unpaired) electrons. The molecule has 41 heavy (non-hydrogen) atoms. The van der Waals surface area contributed by atoms with Gasteiger partial charge >= 0.3 is 5.97 Å². The molecule has 2 N–H and O–H groups in total. The van der Waals surface area contributed by atoms with Crippen molar-refractivity contribution < 1.29 is 19.4 Å². The van der Waals surface area contributed by atoms with Crippen LogP contribution in [0.3, 0.4) is 0 Å². The van der Waals surface area contributed by atoms with Gasteiger partial charge in [-0.05, 0) is 64.4 Å². The Kier molecular flexibility index (Phi) is 10.7. The highest BCUT2D eigenvalue weighted by Crippen LogP contribution is 2.34. The lowest BCUT2D eigenvalue weighted by atomic mass is 9.93. The topological polar surface area (TPSA) is 121 Å². The third-order valence-corrected chi connectivity index (χ3v) is 7.09. The Bertz CT molecular complexity index is 1390. The number of aromatic nitrogens is 4. The van der Waals surface area contributed by atoms with Crippen molar-refractivity contribution in [1.82, 2.24) is 25.5 Å². The molecular formula is C32H37N5O4. The Balaban J connectivity index is 1.54. The maximum atomic E-state index is 13.0. The van der Waals surface area contributed by atoms with Crippen LogP contribution in [-0.2, 0) is 20.9 Å². The quantitative estimate of drug-likeness (QED) is 0.199. The molecule has 0 bridgehead atoms. The number of rotatable bonds is 14. The molecule has 1 aromatic heterocycles. The van der Waals surface area contributed by atoms with Gasteiger partial charge in [0.2, 0.25) is 11.7 Å². The van der Waals surface area contributed by atoms with E-state index in [1.54, 1.807) is 4.90 Å². The molecule has 0 spiro atoms. The van der Waals surface area contributed by atoms with Gasteiger partial charge < -0.3 is 14.7 Å². The number of aliphatic hydroxyl groups excluding tert-OH is 1. The fourth-order valence-electron chi connectivity index (χ4n) is 4.69. The van der Waals surface area contributed by atoms with Gasteiger partial charge in [0.1, 0.15) is 0 Å². The zero-order valence-electron chi connectivity index (χ0n) is 23.6. The van der Waals surface area contributed by atoms with E-state index in [-0.39, 0.29) is 18.3 Å². The fourth-order valence-corrected chi connectivity index (χ4v) is 4.69. The van der Waals surface area contributed by atoms with E-state index in [1.807, 2.05) is 48.5 Å². The van der Waals surface area contributed by atoms with E-state index in [9.17, 15) is 14.7 Å². The van der Waals surface area contributed by atoms with Crippen LogP contribution in [0.5, 0.6) is 0 Å². The molecule has 3 aromatic carbocycles. The Morgan fingerprint density at radius 1 is 0.927 bits per heavy atom. The third kappa shape index (κ3) is 8.31. The number of ether oxygens (including phenoxy) is 1. The van der Waals surface area contributed by atoms with Crippen molar-refractivity contribution in [2.45, 2.75) is 58.1 Å². The highest BCUT2D eigenvalue weighted by Gasteiger charge is 2.18. The number of benzene rings is 3. The Morgan fingerprint density at radius 2 is 1.68 bits per heavy atom. The predicted molar refractivity (Wildman–Crippen MR) is 157 cm³/mol. The molecule has 1 heterocycles. The predicted octanol–water partition coefficient (Wildman–Crippen LogP) is 5.42. The number of nitrogens with one attached hydrogen (secondary N) is 1. The summed E-state index contributed by atoms with van der Waals surface area (Å²) in [5, 5.41) is 25.1. The standard InChI is InChI=1S/C32H37N5O4/c1-3-4-10-30(39)37(20-19-27(38)16-18-31(40)41-2)22-23-11-13-25(14-12-23)29-21-26(24-8-6-5-7-9-24)15-17-28(29)32-33-35-36-34-32/h5-9,11-15,17,21,27,38H,3-4,10,16,18-20,22H2,1-2H3,(H,33,34,35,36)/t27-/m1/s1. The van der Waals surface area contributed by atoms with Gasteiger partial charge in [-0.3, -0.25) is 9.59 Å². The van der Waals surface area contributed by atoms with E-state index in [0.29, 0.717) is 38.2 Å². The highest BCUT2D eigenvalue weighted by atomic mass is 16.5. The number of hydrogen-bond acceptors (Lipinski definition) is 7. The lowest BCUT2D eigenvalue weighted by Gasteiger charge is -2.24. The summed E-state index contributed by atoms with van der Waals surface area (Å²) < 4.78 is 4.66. The van der Waals surface area contributed by atoms with Gasteiger partial charge in [0, 0.05) is 31.5 Å². The highest BCUT2D eigenvalue weighted by molar-refractivity contribution is 5.85. The van der Waals surface area contributed by atoms with Crippen molar-refractivity contribution >= 4 is 11.9 Å². The summed E-state index contributed by atoms with van der Waals surface area (Å²) in [6.07, 6.45) is 2.39. The second-order valence-electron chi connectivity index (χ2n) is 10.0. The molecule has 0 saturated heterocycles. The second-order valence-corrected chi connectivity index (χ2v) is 10.0. The number of tetrazole rings is 1. The van der Waals surface area contributed by atoms with Crippen LogP contribution in [0.1, 0.15) is 51.0 Å². The molecule has 1 atom stereocenters.